The third-order valence-electron chi connectivity index (χ3n) is 3.52. The van der Waals surface area contributed by atoms with Gasteiger partial charge in [0.25, 0.3) is 0 Å². The van der Waals surface area contributed by atoms with Crippen LogP contribution in [0.2, 0.25) is 0 Å². The maximum absolute atomic E-state index is 4.06. The van der Waals surface area contributed by atoms with Crippen LogP contribution in [0.25, 0.3) is 0 Å². The highest BCUT2D eigenvalue weighted by molar-refractivity contribution is 4.78. The molecule has 0 aromatic carbocycles. The minimum absolute atomic E-state index is 0.511. The van der Waals surface area contributed by atoms with Gasteiger partial charge in [-0.1, -0.05) is 0 Å². The number of hydrogen-bond acceptors (Lipinski definition) is 3. The van der Waals surface area contributed by atoms with Crippen LogP contribution >= 0.6 is 0 Å². The third-order valence-corrected chi connectivity index (χ3v) is 3.52. The molecule has 0 spiro atoms. The molecule has 1 aromatic heterocycles. The first-order valence-corrected chi connectivity index (χ1v) is 6.61. The van der Waals surface area contributed by atoms with Gasteiger partial charge in [-0.15, -0.1) is 0 Å². The first-order valence-electron chi connectivity index (χ1n) is 6.61. The molecule has 2 heterocycles. The predicted molar refractivity (Wildman–Crippen MR) is 69.9 cm³/mol. The standard InChI is InChI=1S/C13H24N4/c1-12(9-17-7-5-14-11-17)15-8-13-4-3-6-16(2)10-13/h5,7,11-13,15H,3-4,6,8-10H2,1-2H3. The van der Waals surface area contributed by atoms with Gasteiger partial charge in [0.2, 0.25) is 0 Å². The maximum atomic E-state index is 4.06. The van der Waals surface area contributed by atoms with Gasteiger partial charge in [-0.2, -0.15) is 0 Å². The fraction of sp³-hybridized carbons (Fsp3) is 0.769. The largest absolute Gasteiger partial charge is 0.336 e. The average Bonchev–Trinajstić information content (AvgIpc) is 2.79. The fourth-order valence-corrected chi connectivity index (χ4v) is 2.58. The lowest BCUT2D eigenvalue weighted by Gasteiger charge is -2.30. The summed E-state index contributed by atoms with van der Waals surface area (Å²) in [5.74, 6) is 0.819. The molecule has 96 valence electrons. The Hall–Kier alpha value is -0.870. The van der Waals surface area contributed by atoms with Crippen LogP contribution < -0.4 is 5.32 Å². The molecule has 2 rings (SSSR count). The Morgan fingerprint density at radius 2 is 2.41 bits per heavy atom. The molecule has 4 heteroatoms. The van der Waals surface area contributed by atoms with Crippen LogP contribution in [0.1, 0.15) is 19.8 Å². The van der Waals surface area contributed by atoms with E-state index < -0.39 is 0 Å². The molecule has 0 bridgehead atoms. The van der Waals surface area contributed by atoms with Gasteiger partial charge in [-0.25, -0.2) is 4.98 Å². The van der Waals surface area contributed by atoms with Crippen LogP contribution in [0, 0.1) is 5.92 Å². The van der Waals surface area contributed by atoms with Crippen LogP contribution in [-0.2, 0) is 6.54 Å². The molecule has 0 saturated carbocycles. The Balaban J connectivity index is 1.67. The van der Waals surface area contributed by atoms with E-state index in [9.17, 15) is 0 Å². The molecule has 2 unspecified atom stereocenters. The molecule has 1 N–H and O–H groups in total. The summed E-state index contributed by atoms with van der Waals surface area (Å²) in [6, 6.07) is 0.511. The Labute approximate surface area is 104 Å². The molecule has 1 saturated heterocycles. The van der Waals surface area contributed by atoms with Crippen LogP contribution in [0.15, 0.2) is 18.7 Å². The van der Waals surface area contributed by atoms with E-state index in [-0.39, 0.29) is 0 Å². The van der Waals surface area contributed by atoms with Gasteiger partial charge in [0.15, 0.2) is 0 Å². The average molecular weight is 236 g/mol. The summed E-state index contributed by atoms with van der Waals surface area (Å²) < 4.78 is 2.13. The van der Waals surface area contributed by atoms with E-state index >= 15 is 0 Å². The topological polar surface area (TPSA) is 33.1 Å². The Morgan fingerprint density at radius 1 is 1.53 bits per heavy atom. The summed E-state index contributed by atoms with van der Waals surface area (Å²) >= 11 is 0. The second-order valence-electron chi connectivity index (χ2n) is 5.34. The number of nitrogens with one attached hydrogen (secondary N) is 1. The van der Waals surface area contributed by atoms with E-state index in [4.69, 9.17) is 0 Å². The van der Waals surface area contributed by atoms with Crippen molar-refractivity contribution >= 4 is 0 Å². The lowest BCUT2D eigenvalue weighted by molar-refractivity contribution is 0.202. The third kappa shape index (κ3) is 4.13. The number of likely N-dealkylation sites (tertiary alicyclic amines) is 1. The molecule has 2 atom stereocenters. The van der Waals surface area contributed by atoms with Gasteiger partial charge in [-0.05, 0) is 45.8 Å². The van der Waals surface area contributed by atoms with Crippen molar-refractivity contribution in [3.05, 3.63) is 18.7 Å². The number of piperidine rings is 1. The zero-order chi connectivity index (χ0) is 12.1. The Morgan fingerprint density at radius 3 is 3.12 bits per heavy atom. The fourth-order valence-electron chi connectivity index (χ4n) is 2.58. The highest BCUT2D eigenvalue weighted by Crippen LogP contribution is 2.14. The van der Waals surface area contributed by atoms with Crippen LogP contribution in [-0.4, -0.2) is 47.2 Å². The molecule has 0 amide bonds. The Bertz CT molecular complexity index is 309. The van der Waals surface area contributed by atoms with Crippen molar-refractivity contribution in [1.82, 2.24) is 19.8 Å². The second kappa shape index (κ2) is 6.17. The van der Waals surface area contributed by atoms with Gasteiger partial charge in [0.05, 0.1) is 6.33 Å². The first-order chi connectivity index (χ1) is 8.24. The van der Waals surface area contributed by atoms with Crippen LogP contribution in [0.5, 0.6) is 0 Å². The van der Waals surface area contributed by atoms with Crippen LogP contribution in [0.4, 0.5) is 0 Å². The molecule has 1 aliphatic heterocycles. The minimum atomic E-state index is 0.511. The number of imidazole rings is 1. The van der Waals surface area contributed by atoms with E-state index in [1.54, 1.807) is 0 Å². The number of rotatable bonds is 5. The van der Waals surface area contributed by atoms with Crippen molar-refractivity contribution in [2.24, 2.45) is 5.92 Å². The molecule has 4 nitrogen and oxygen atoms in total. The number of aromatic nitrogens is 2. The highest BCUT2D eigenvalue weighted by Gasteiger charge is 2.17. The summed E-state index contributed by atoms with van der Waals surface area (Å²) in [5.41, 5.74) is 0. The van der Waals surface area contributed by atoms with E-state index in [1.165, 1.54) is 25.9 Å². The summed E-state index contributed by atoms with van der Waals surface area (Å²) in [6.45, 7) is 6.89. The zero-order valence-electron chi connectivity index (χ0n) is 11.0. The van der Waals surface area contributed by atoms with Gasteiger partial charge in [0.1, 0.15) is 0 Å². The van der Waals surface area contributed by atoms with Crippen molar-refractivity contribution in [3.63, 3.8) is 0 Å². The minimum Gasteiger partial charge on any atom is -0.336 e. The molecule has 1 aliphatic rings. The first kappa shape index (κ1) is 12.6. The zero-order valence-corrected chi connectivity index (χ0v) is 11.0. The van der Waals surface area contributed by atoms with Crippen molar-refractivity contribution in [1.29, 1.82) is 0 Å². The lowest BCUT2D eigenvalue weighted by atomic mass is 9.98. The van der Waals surface area contributed by atoms with E-state index in [2.05, 4.69) is 33.7 Å². The van der Waals surface area contributed by atoms with Gasteiger partial charge in [0, 0.05) is 31.5 Å². The summed E-state index contributed by atoms with van der Waals surface area (Å²) in [6.07, 6.45) is 8.45. The molecule has 1 aromatic rings. The van der Waals surface area contributed by atoms with E-state index in [0.717, 1.165) is 19.0 Å². The smallest absolute Gasteiger partial charge is 0.0946 e. The quantitative estimate of drug-likeness (QED) is 0.834. The monoisotopic (exact) mass is 236 g/mol. The number of nitrogens with zero attached hydrogens (tertiary/aromatic N) is 3. The Kier molecular flexibility index (Phi) is 4.57. The molecule has 0 radical (unpaired) electrons. The maximum Gasteiger partial charge on any atom is 0.0946 e. The summed E-state index contributed by atoms with van der Waals surface area (Å²) in [7, 11) is 2.22. The van der Waals surface area contributed by atoms with Crippen molar-refractivity contribution in [3.8, 4) is 0 Å². The van der Waals surface area contributed by atoms with Crippen molar-refractivity contribution in [2.45, 2.75) is 32.4 Å². The van der Waals surface area contributed by atoms with Gasteiger partial charge < -0.3 is 14.8 Å². The van der Waals surface area contributed by atoms with Crippen LogP contribution in [0.3, 0.4) is 0 Å². The van der Waals surface area contributed by atoms with Crippen molar-refractivity contribution in [2.75, 3.05) is 26.7 Å². The molecule has 0 aliphatic carbocycles. The van der Waals surface area contributed by atoms with E-state index in [1.807, 2.05) is 18.7 Å². The van der Waals surface area contributed by atoms with E-state index in [0.29, 0.717) is 6.04 Å². The predicted octanol–water partition coefficient (Wildman–Crippen LogP) is 1.20. The number of hydrogen-bond donors (Lipinski definition) is 1. The van der Waals surface area contributed by atoms with Gasteiger partial charge >= 0.3 is 0 Å². The summed E-state index contributed by atoms with van der Waals surface area (Å²) in [5, 5.41) is 3.64. The van der Waals surface area contributed by atoms with Gasteiger partial charge in [-0.3, -0.25) is 0 Å². The second-order valence-corrected chi connectivity index (χ2v) is 5.34. The molecule has 1 fully saturated rings. The lowest BCUT2D eigenvalue weighted by Crippen LogP contribution is -2.40. The molecule has 17 heavy (non-hydrogen) atoms. The SMILES string of the molecule is CC(Cn1ccnc1)NCC1CCCN(C)C1. The normalized spacial score (nSPS) is 23.8. The van der Waals surface area contributed by atoms with Crippen molar-refractivity contribution < 1.29 is 0 Å². The molecular weight excluding hydrogens is 212 g/mol. The molecular formula is C13H24N4. The summed E-state index contributed by atoms with van der Waals surface area (Å²) in [4.78, 5) is 6.50. The highest BCUT2D eigenvalue weighted by atomic mass is 15.1.